The quantitative estimate of drug-likeness (QED) is 0.659. The van der Waals surface area contributed by atoms with Gasteiger partial charge in [0.15, 0.2) is 5.52 Å². The van der Waals surface area contributed by atoms with Crippen molar-refractivity contribution < 1.29 is 9.55 Å². The lowest BCUT2D eigenvalue weighted by atomic mass is 10.0. The monoisotopic (exact) mass is 264 g/mol. The number of rotatable bonds is 5. The highest BCUT2D eigenvalue weighted by atomic mass is 16.6. The number of anilines is 1. The number of non-ortho nitro benzene ring substituents is 1. The van der Waals surface area contributed by atoms with Gasteiger partial charge in [0.05, 0.1) is 10.6 Å². The standard InChI is InChI=1S/C12H16N4O3/c1-4-7(2)8(3)13-9-5-6-10(16(17)18)12-11(9)14-19-15-12/h5-8,13H,4H2,1-3H3. The zero-order valence-corrected chi connectivity index (χ0v) is 11.1. The molecule has 0 bridgehead atoms. The second-order valence-electron chi connectivity index (χ2n) is 4.67. The minimum Gasteiger partial charge on any atom is -0.380 e. The van der Waals surface area contributed by atoms with Gasteiger partial charge >= 0.3 is 5.69 Å². The lowest BCUT2D eigenvalue weighted by Crippen LogP contribution is -2.23. The number of hydrogen-bond donors (Lipinski definition) is 1. The van der Waals surface area contributed by atoms with Crippen molar-refractivity contribution in [1.82, 2.24) is 10.3 Å². The van der Waals surface area contributed by atoms with E-state index in [1.54, 1.807) is 6.07 Å². The average molecular weight is 264 g/mol. The number of nitro benzene ring substituents is 1. The van der Waals surface area contributed by atoms with Crippen LogP contribution in [0.15, 0.2) is 16.8 Å². The van der Waals surface area contributed by atoms with E-state index in [9.17, 15) is 10.1 Å². The molecule has 2 rings (SSSR count). The SMILES string of the molecule is CCC(C)C(C)Nc1ccc([N+](=O)[O-])c2nonc12. The van der Waals surface area contributed by atoms with E-state index >= 15 is 0 Å². The topological polar surface area (TPSA) is 94.1 Å². The Kier molecular flexibility index (Phi) is 3.64. The van der Waals surface area contributed by atoms with Crippen LogP contribution in [-0.4, -0.2) is 21.3 Å². The molecule has 2 aromatic rings. The molecule has 2 atom stereocenters. The molecule has 0 fully saturated rings. The van der Waals surface area contributed by atoms with Gasteiger partial charge < -0.3 is 5.32 Å². The Labute approximate surface area is 110 Å². The molecular weight excluding hydrogens is 248 g/mol. The molecule has 7 heteroatoms. The molecule has 0 aliphatic heterocycles. The molecule has 0 aliphatic rings. The third-order valence-electron chi connectivity index (χ3n) is 3.47. The molecule has 1 N–H and O–H groups in total. The van der Waals surface area contributed by atoms with Gasteiger partial charge in [0.2, 0.25) is 5.52 Å². The lowest BCUT2D eigenvalue weighted by molar-refractivity contribution is -0.383. The summed E-state index contributed by atoms with van der Waals surface area (Å²) in [6.45, 7) is 6.32. The second kappa shape index (κ2) is 5.21. The first kappa shape index (κ1) is 13.3. The molecule has 1 heterocycles. The smallest absolute Gasteiger partial charge is 0.300 e. The van der Waals surface area contributed by atoms with Gasteiger partial charge in [-0.05, 0) is 29.2 Å². The van der Waals surface area contributed by atoms with E-state index < -0.39 is 4.92 Å². The van der Waals surface area contributed by atoms with Crippen molar-refractivity contribution in [3.8, 4) is 0 Å². The summed E-state index contributed by atoms with van der Waals surface area (Å²) in [6, 6.07) is 3.29. The maximum atomic E-state index is 10.9. The summed E-state index contributed by atoms with van der Waals surface area (Å²) in [5, 5.41) is 21.5. The summed E-state index contributed by atoms with van der Waals surface area (Å²) in [4.78, 5) is 10.4. The maximum Gasteiger partial charge on any atom is 0.300 e. The Morgan fingerprint density at radius 1 is 1.37 bits per heavy atom. The maximum absolute atomic E-state index is 10.9. The van der Waals surface area contributed by atoms with Crippen molar-refractivity contribution in [3.05, 3.63) is 22.2 Å². The van der Waals surface area contributed by atoms with Crippen LogP contribution in [0.5, 0.6) is 0 Å². The van der Waals surface area contributed by atoms with Crippen LogP contribution in [0.4, 0.5) is 11.4 Å². The zero-order chi connectivity index (χ0) is 14.0. The van der Waals surface area contributed by atoms with Crippen molar-refractivity contribution >= 4 is 22.4 Å². The van der Waals surface area contributed by atoms with Crippen molar-refractivity contribution in [3.63, 3.8) is 0 Å². The normalized spacial score (nSPS) is 14.3. The molecule has 1 aromatic carbocycles. The fourth-order valence-corrected chi connectivity index (χ4v) is 1.86. The van der Waals surface area contributed by atoms with Crippen LogP contribution >= 0.6 is 0 Å². The highest BCUT2D eigenvalue weighted by Crippen LogP contribution is 2.29. The molecule has 0 amide bonds. The van der Waals surface area contributed by atoms with Crippen LogP contribution in [0, 0.1) is 16.0 Å². The summed E-state index contributed by atoms with van der Waals surface area (Å²) in [5.74, 6) is 0.477. The van der Waals surface area contributed by atoms with E-state index in [2.05, 4.69) is 41.0 Å². The van der Waals surface area contributed by atoms with E-state index in [0.29, 0.717) is 17.1 Å². The van der Waals surface area contributed by atoms with Crippen LogP contribution < -0.4 is 5.32 Å². The van der Waals surface area contributed by atoms with Crippen molar-refractivity contribution in [2.75, 3.05) is 5.32 Å². The molecule has 0 spiro atoms. The Bertz CT molecular complexity index is 596. The molecule has 102 valence electrons. The average Bonchev–Trinajstić information content (AvgIpc) is 2.87. The Hall–Kier alpha value is -2.18. The number of nitrogens with zero attached hydrogens (tertiary/aromatic N) is 3. The van der Waals surface area contributed by atoms with Gasteiger partial charge in [0.1, 0.15) is 0 Å². The summed E-state index contributed by atoms with van der Waals surface area (Å²) in [5.41, 5.74) is 1.17. The van der Waals surface area contributed by atoms with E-state index in [1.165, 1.54) is 6.07 Å². The number of fused-ring (bicyclic) bond motifs is 1. The predicted octanol–water partition coefficient (Wildman–Crippen LogP) is 2.98. The van der Waals surface area contributed by atoms with E-state index in [1.807, 2.05) is 0 Å². The summed E-state index contributed by atoms with van der Waals surface area (Å²) in [7, 11) is 0. The molecule has 0 saturated heterocycles. The van der Waals surface area contributed by atoms with Crippen LogP contribution in [-0.2, 0) is 0 Å². The fourth-order valence-electron chi connectivity index (χ4n) is 1.86. The molecular formula is C12H16N4O3. The van der Waals surface area contributed by atoms with Crippen LogP contribution in [0.3, 0.4) is 0 Å². The van der Waals surface area contributed by atoms with Gasteiger partial charge in [-0.3, -0.25) is 10.1 Å². The number of benzene rings is 1. The number of hydrogen-bond acceptors (Lipinski definition) is 6. The highest BCUT2D eigenvalue weighted by Gasteiger charge is 2.21. The minimum absolute atomic E-state index is 0.0991. The minimum atomic E-state index is -0.492. The molecule has 1 aromatic heterocycles. The van der Waals surface area contributed by atoms with Crippen molar-refractivity contribution in [2.24, 2.45) is 5.92 Å². The number of aromatic nitrogens is 2. The van der Waals surface area contributed by atoms with Crippen LogP contribution in [0.1, 0.15) is 27.2 Å². The molecule has 0 saturated carbocycles. The third kappa shape index (κ3) is 2.49. The first-order valence-electron chi connectivity index (χ1n) is 6.20. The van der Waals surface area contributed by atoms with Gasteiger partial charge in [0.25, 0.3) is 0 Å². The predicted molar refractivity (Wildman–Crippen MR) is 71.0 cm³/mol. The fraction of sp³-hybridized carbons (Fsp3) is 0.500. The van der Waals surface area contributed by atoms with Crippen LogP contribution in [0.2, 0.25) is 0 Å². The van der Waals surface area contributed by atoms with Crippen molar-refractivity contribution in [2.45, 2.75) is 33.2 Å². The Morgan fingerprint density at radius 2 is 2.05 bits per heavy atom. The number of nitro groups is 1. The largest absolute Gasteiger partial charge is 0.380 e. The van der Waals surface area contributed by atoms with E-state index in [-0.39, 0.29) is 17.2 Å². The van der Waals surface area contributed by atoms with Crippen LogP contribution in [0.25, 0.3) is 11.0 Å². The molecule has 19 heavy (non-hydrogen) atoms. The van der Waals surface area contributed by atoms with Gasteiger partial charge in [-0.15, -0.1) is 0 Å². The first-order chi connectivity index (χ1) is 9.04. The lowest BCUT2D eigenvalue weighted by Gasteiger charge is -2.20. The zero-order valence-electron chi connectivity index (χ0n) is 11.1. The van der Waals surface area contributed by atoms with Gasteiger partial charge in [-0.1, -0.05) is 20.3 Å². The molecule has 7 nitrogen and oxygen atoms in total. The number of nitrogens with one attached hydrogen (secondary N) is 1. The summed E-state index contributed by atoms with van der Waals surface area (Å²) < 4.78 is 4.62. The van der Waals surface area contributed by atoms with E-state index in [0.717, 1.165) is 6.42 Å². The molecule has 0 radical (unpaired) electrons. The first-order valence-corrected chi connectivity index (χ1v) is 6.20. The van der Waals surface area contributed by atoms with E-state index in [4.69, 9.17) is 0 Å². The van der Waals surface area contributed by atoms with Crippen molar-refractivity contribution in [1.29, 1.82) is 0 Å². The third-order valence-corrected chi connectivity index (χ3v) is 3.47. The highest BCUT2D eigenvalue weighted by molar-refractivity contribution is 5.93. The van der Waals surface area contributed by atoms with Gasteiger partial charge in [-0.25, -0.2) is 4.63 Å². The molecule has 2 unspecified atom stereocenters. The Morgan fingerprint density at radius 3 is 2.68 bits per heavy atom. The second-order valence-corrected chi connectivity index (χ2v) is 4.67. The summed E-state index contributed by atoms with van der Waals surface area (Å²) in [6.07, 6.45) is 1.04. The van der Waals surface area contributed by atoms with Gasteiger partial charge in [0, 0.05) is 12.1 Å². The Balaban J connectivity index is 2.38. The molecule has 0 aliphatic carbocycles. The summed E-state index contributed by atoms with van der Waals surface area (Å²) >= 11 is 0. The van der Waals surface area contributed by atoms with Gasteiger partial charge in [-0.2, -0.15) is 0 Å².